The van der Waals surface area contributed by atoms with Gasteiger partial charge in [0.2, 0.25) is 0 Å². The molecule has 1 aromatic heterocycles. The number of benzene rings is 1. The fourth-order valence-electron chi connectivity index (χ4n) is 2.10. The molecule has 0 bridgehead atoms. The van der Waals surface area contributed by atoms with Gasteiger partial charge in [0, 0.05) is 25.5 Å². The number of rotatable bonds is 5. The van der Waals surface area contributed by atoms with Gasteiger partial charge in [-0.1, -0.05) is 17.7 Å². The minimum atomic E-state index is -0.924. The van der Waals surface area contributed by atoms with E-state index in [1.165, 1.54) is 4.90 Å². The van der Waals surface area contributed by atoms with Crippen molar-refractivity contribution in [3.05, 3.63) is 53.9 Å². The second-order valence-electron chi connectivity index (χ2n) is 4.94. The van der Waals surface area contributed by atoms with Gasteiger partial charge in [-0.15, -0.1) is 0 Å². The first-order chi connectivity index (χ1) is 9.99. The first-order valence-electron chi connectivity index (χ1n) is 6.70. The molecule has 0 aliphatic rings. The molecule has 0 aliphatic heterocycles. The minimum Gasteiger partial charge on any atom is -0.481 e. The van der Waals surface area contributed by atoms with Gasteiger partial charge >= 0.3 is 5.97 Å². The lowest BCUT2D eigenvalue weighted by molar-refractivity contribution is -0.136. The van der Waals surface area contributed by atoms with Gasteiger partial charge in [0.25, 0.3) is 5.91 Å². The summed E-state index contributed by atoms with van der Waals surface area (Å²) in [5.74, 6) is -1.13. The van der Waals surface area contributed by atoms with E-state index in [2.05, 4.69) is 0 Å². The predicted molar refractivity (Wildman–Crippen MR) is 80.5 cm³/mol. The van der Waals surface area contributed by atoms with Gasteiger partial charge in [-0.05, 0) is 31.2 Å². The summed E-state index contributed by atoms with van der Waals surface area (Å²) in [7, 11) is 1.79. The highest BCUT2D eigenvalue weighted by Crippen LogP contribution is 2.18. The van der Waals surface area contributed by atoms with Gasteiger partial charge in [-0.25, -0.2) is 0 Å². The summed E-state index contributed by atoms with van der Waals surface area (Å²) in [6.45, 7) is 2.10. The molecule has 0 saturated heterocycles. The lowest BCUT2D eigenvalue weighted by atomic mass is 10.2. The Balaban J connectivity index is 2.31. The SMILES string of the molecule is Cc1ccc(N(CCC(=O)O)C(=O)c2cccn2C)cc1. The topological polar surface area (TPSA) is 62.5 Å². The van der Waals surface area contributed by atoms with Crippen LogP contribution < -0.4 is 4.90 Å². The Hall–Kier alpha value is -2.56. The standard InChI is InChI=1S/C16H18N2O3/c1-12-5-7-13(8-6-12)18(11-9-15(19)20)16(21)14-4-3-10-17(14)2/h3-8,10H,9,11H2,1-2H3,(H,19,20). The van der Waals surface area contributed by atoms with Crippen molar-refractivity contribution in [2.24, 2.45) is 7.05 Å². The van der Waals surface area contributed by atoms with Crippen LogP contribution in [0.25, 0.3) is 0 Å². The Morgan fingerprint density at radius 2 is 1.86 bits per heavy atom. The molecule has 1 heterocycles. The molecule has 2 aromatic rings. The summed E-state index contributed by atoms with van der Waals surface area (Å²) in [6.07, 6.45) is 1.70. The van der Waals surface area contributed by atoms with Gasteiger partial charge in [0.05, 0.1) is 6.42 Å². The van der Waals surface area contributed by atoms with Crippen molar-refractivity contribution in [3.63, 3.8) is 0 Å². The average Bonchev–Trinajstić information content (AvgIpc) is 2.86. The van der Waals surface area contributed by atoms with Crippen LogP contribution in [0.15, 0.2) is 42.6 Å². The molecule has 0 atom stereocenters. The van der Waals surface area contributed by atoms with Crippen molar-refractivity contribution < 1.29 is 14.7 Å². The molecule has 0 radical (unpaired) electrons. The third-order valence-corrected chi connectivity index (χ3v) is 3.30. The number of nitrogens with zero attached hydrogens (tertiary/aromatic N) is 2. The number of amides is 1. The summed E-state index contributed by atoms with van der Waals surface area (Å²) in [5, 5.41) is 8.88. The summed E-state index contributed by atoms with van der Waals surface area (Å²) in [6, 6.07) is 11.0. The third kappa shape index (κ3) is 3.51. The van der Waals surface area contributed by atoms with Crippen LogP contribution in [0, 0.1) is 6.92 Å². The third-order valence-electron chi connectivity index (χ3n) is 3.30. The van der Waals surface area contributed by atoms with Crippen molar-refractivity contribution >= 4 is 17.6 Å². The highest BCUT2D eigenvalue weighted by Gasteiger charge is 2.20. The van der Waals surface area contributed by atoms with Crippen LogP contribution in [0.3, 0.4) is 0 Å². The molecule has 0 aliphatic carbocycles. The van der Waals surface area contributed by atoms with E-state index in [4.69, 9.17) is 5.11 Å². The summed E-state index contributed by atoms with van der Waals surface area (Å²) >= 11 is 0. The van der Waals surface area contributed by atoms with Crippen LogP contribution in [0.4, 0.5) is 5.69 Å². The quantitative estimate of drug-likeness (QED) is 0.918. The molecule has 5 heteroatoms. The van der Waals surface area contributed by atoms with Crippen molar-refractivity contribution in [3.8, 4) is 0 Å². The zero-order chi connectivity index (χ0) is 15.4. The van der Waals surface area contributed by atoms with Crippen molar-refractivity contribution in [2.75, 3.05) is 11.4 Å². The highest BCUT2D eigenvalue weighted by molar-refractivity contribution is 6.05. The minimum absolute atomic E-state index is 0.0932. The molecule has 1 aromatic carbocycles. The second kappa shape index (κ2) is 6.26. The van der Waals surface area contributed by atoms with Crippen LogP contribution in [0.5, 0.6) is 0 Å². The van der Waals surface area contributed by atoms with Gasteiger partial charge in [0.1, 0.15) is 5.69 Å². The Morgan fingerprint density at radius 3 is 2.38 bits per heavy atom. The van der Waals surface area contributed by atoms with Crippen molar-refractivity contribution in [1.29, 1.82) is 0 Å². The molecule has 1 N–H and O–H groups in total. The number of carbonyl (C=O) groups is 2. The van der Waals surface area contributed by atoms with Gasteiger partial charge in [-0.2, -0.15) is 0 Å². The molecule has 0 unspecified atom stereocenters. The molecule has 5 nitrogen and oxygen atoms in total. The number of carboxylic acid groups (broad SMARTS) is 1. The summed E-state index contributed by atoms with van der Waals surface area (Å²) < 4.78 is 1.73. The molecule has 1 amide bonds. The van der Waals surface area contributed by atoms with E-state index in [0.717, 1.165) is 5.56 Å². The molecule has 0 spiro atoms. The van der Waals surface area contributed by atoms with E-state index >= 15 is 0 Å². The predicted octanol–water partition coefficient (Wildman–Crippen LogP) is 2.46. The number of carbonyl (C=O) groups excluding carboxylic acids is 1. The lowest BCUT2D eigenvalue weighted by Gasteiger charge is -2.22. The molecule has 21 heavy (non-hydrogen) atoms. The number of aromatic nitrogens is 1. The normalized spacial score (nSPS) is 10.4. The number of hydrogen-bond donors (Lipinski definition) is 1. The second-order valence-corrected chi connectivity index (χ2v) is 4.94. The summed E-state index contributed by atoms with van der Waals surface area (Å²) in [4.78, 5) is 25.0. The number of hydrogen-bond acceptors (Lipinski definition) is 2. The summed E-state index contributed by atoms with van der Waals surface area (Å²) in [5.41, 5.74) is 2.32. The van der Waals surface area contributed by atoms with E-state index in [1.807, 2.05) is 31.2 Å². The Morgan fingerprint density at radius 1 is 1.19 bits per heavy atom. The van der Waals surface area contributed by atoms with Crippen molar-refractivity contribution in [1.82, 2.24) is 4.57 Å². The van der Waals surface area contributed by atoms with Gasteiger partial charge in [-0.3, -0.25) is 9.59 Å². The highest BCUT2D eigenvalue weighted by atomic mass is 16.4. The van der Waals surface area contributed by atoms with Gasteiger partial charge in [0.15, 0.2) is 0 Å². The molecular weight excluding hydrogens is 268 g/mol. The lowest BCUT2D eigenvalue weighted by Crippen LogP contribution is -2.34. The maximum atomic E-state index is 12.6. The largest absolute Gasteiger partial charge is 0.481 e. The monoisotopic (exact) mass is 286 g/mol. The van der Waals surface area contributed by atoms with Crippen LogP contribution in [0.2, 0.25) is 0 Å². The molecule has 0 fully saturated rings. The first-order valence-corrected chi connectivity index (χ1v) is 6.70. The Bertz CT molecular complexity index is 644. The van der Waals surface area contributed by atoms with E-state index in [0.29, 0.717) is 11.4 Å². The maximum absolute atomic E-state index is 12.6. The fourth-order valence-corrected chi connectivity index (χ4v) is 2.10. The van der Waals surface area contributed by atoms with E-state index in [1.54, 1.807) is 29.9 Å². The Labute approximate surface area is 123 Å². The number of carboxylic acids is 1. The number of anilines is 1. The van der Waals surface area contributed by atoms with E-state index < -0.39 is 5.97 Å². The number of aryl methyl sites for hydroxylation is 2. The van der Waals surface area contributed by atoms with Gasteiger partial charge < -0.3 is 14.6 Å². The molecular formula is C16H18N2O3. The van der Waals surface area contributed by atoms with E-state index in [-0.39, 0.29) is 18.9 Å². The number of aliphatic carboxylic acids is 1. The van der Waals surface area contributed by atoms with Crippen LogP contribution in [-0.2, 0) is 11.8 Å². The maximum Gasteiger partial charge on any atom is 0.305 e. The Kier molecular flexibility index (Phi) is 4.42. The smallest absolute Gasteiger partial charge is 0.305 e. The molecule has 2 rings (SSSR count). The fraction of sp³-hybridized carbons (Fsp3) is 0.250. The molecule has 110 valence electrons. The van der Waals surface area contributed by atoms with Crippen LogP contribution in [-0.4, -0.2) is 28.1 Å². The average molecular weight is 286 g/mol. The molecule has 0 saturated carbocycles. The van der Waals surface area contributed by atoms with E-state index in [9.17, 15) is 9.59 Å². The van der Waals surface area contributed by atoms with Crippen molar-refractivity contribution in [2.45, 2.75) is 13.3 Å². The van der Waals surface area contributed by atoms with Crippen LogP contribution >= 0.6 is 0 Å². The zero-order valence-corrected chi connectivity index (χ0v) is 12.1. The zero-order valence-electron chi connectivity index (χ0n) is 12.1. The van der Waals surface area contributed by atoms with Crippen LogP contribution in [0.1, 0.15) is 22.5 Å². The first kappa shape index (κ1) is 14.8.